The molecule has 0 unspecified atom stereocenters. The third-order valence-electron chi connectivity index (χ3n) is 5.25. The number of carbonyl (C=O) groups is 1. The lowest BCUT2D eigenvalue weighted by atomic mass is 9.86. The average Bonchev–Trinajstić information content (AvgIpc) is 2.69. The fourth-order valence-corrected chi connectivity index (χ4v) is 3.78. The van der Waals surface area contributed by atoms with Gasteiger partial charge in [-0.05, 0) is 36.1 Å². The van der Waals surface area contributed by atoms with Gasteiger partial charge in [0, 0.05) is 31.9 Å². The maximum atomic E-state index is 12.7. The molecule has 1 N–H and O–H groups in total. The van der Waals surface area contributed by atoms with Crippen LogP contribution < -0.4 is 15.0 Å². The first-order chi connectivity index (χ1) is 13.9. The zero-order chi connectivity index (χ0) is 20.9. The van der Waals surface area contributed by atoms with E-state index in [1.54, 1.807) is 0 Å². The van der Waals surface area contributed by atoms with Gasteiger partial charge in [-0.3, -0.25) is 9.69 Å². The number of rotatable bonds is 6. The number of piperazine rings is 1. The predicted molar refractivity (Wildman–Crippen MR) is 120 cm³/mol. The lowest BCUT2D eigenvalue weighted by Crippen LogP contribution is -2.48. The molecule has 1 amide bonds. The summed E-state index contributed by atoms with van der Waals surface area (Å²) in [7, 11) is 0. The highest BCUT2D eigenvalue weighted by Crippen LogP contribution is 2.30. The number of nitrogens with zero attached hydrogens (tertiary/aromatic N) is 2. The van der Waals surface area contributed by atoms with E-state index in [4.69, 9.17) is 4.74 Å². The van der Waals surface area contributed by atoms with Crippen molar-refractivity contribution in [3.63, 3.8) is 0 Å². The molecule has 0 spiro atoms. The van der Waals surface area contributed by atoms with Crippen LogP contribution in [0, 0.1) is 0 Å². The van der Waals surface area contributed by atoms with Crippen molar-refractivity contribution in [2.24, 2.45) is 0 Å². The summed E-state index contributed by atoms with van der Waals surface area (Å²) in [4.78, 5) is 17.2. The Kier molecular flexibility index (Phi) is 6.80. The lowest BCUT2D eigenvalue weighted by molar-refractivity contribution is -0.117. The highest BCUT2D eigenvalue weighted by atomic mass is 16.5. The summed E-state index contributed by atoms with van der Waals surface area (Å²) in [5, 5.41) is 3.12. The second kappa shape index (κ2) is 9.31. The van der Waals surface area contributed by atoms with Gasteiger partial charge in [-0.2, -0.15) is 0 Å². The van der Waals surface area contributed by atoms with Crippen molar-refractivity contribution in [1.29, 1.82) is 0 Å². The molecule has 0 radical (unpaired) electrons. The van der Waals surface area contributed by atoms with Gasteiger partial charge in [-0.15, -0.1) is 0 Å². The minimum absolute atomic E-state index is 0.0105. The maximum absolute atomic E-state index is 12.7. The third-order valence-corrected chi connectivity index (χ3v) is 5.25. The van der Waals surface area contributed by atoms with Gasteiger partial charge in [-0.25, -0.2) is 0 Å². The molecule has 0 atom stereocenters. The third kappa shape index (κ3) is 5.51. The Morgan fingerprint density at radius 2 is 1.66 bits per heavy atom. The van der Waals surface area contributed by atoms with Crippen molar-refractivity contribution in [2.75, 3.05) is 49.5 Å². The molecule has 3 rings (SSSR count). The molecule has 1 fully saturated rings. The molecule has 5 heteroatoms. The zero-order valence-electron chi connectivity index (χ0n) is 18.1. The largest absolute Gasteiger partial charge is 0.492 e. The number of nitrogens with one attached hydrogen (secondary N) is 1. The summed E-state index contributed by atoms with van der Waals surface area (Å²) in [6, 6.07) is 16.2. The smallest absolute Gasteiger partial charge is 0.238 e. The second-order valence-electron chi connectivity index (χ2n) is 8.51. The van der Waals surface area contributed by atoms with E-state index in [9.17, 15) is 4.79 Å². The van der Waals surface area contributed by atoms with Crippen LogP contribution in [-0.4, -0.2) is 50.1 Å². The van der Waals surface area contributed by atoms with Gasteiger partial charge in [0.2, 0.25) is 5.91 Å². The van der Waals surface area contributed by atoms with E-state index in [1.807, 2.05) is 43.3 Å². The minimum Gasteiger partial charge on any atom is -0.492 e. The van der Waals surface area contributed by atoms with E-state index in [0.29, 0.717) is 13.2 Å². The molecule has 0 saturated carbocycles. The Hall–Kier alpha value is -2.53. The fraction of sp³-hybridized carbons (Fsp3) is 0.458. The van der Waals surface area contributed by atoms with Crippen molar-refractivity contribution in [3.8, 4) is 5.75 Å². The number of amides is 1. The number of carbonyl (C=O) groups excluding carboxylic acids is 1. The first-order valence-electron chi connectivity index (χ1n) is 10.5. The predicted octanol–water partition coefficient (Wildman–Crippen LogP) is 4.14. The molecule has 29 heavy (non-hydrogen) atoms. The van der Waals surface area contributed by atoms with Crippen LogP contribution >= 0.6 is 0 Å². The summed E-state index contributed by atoms with van der Waals surface area (Å²) in [5.41, 5.74) is 3.20. The normalized spacial score (nSPS) is 15.2. The molecule has 1 aliphatic heterocycles. The SMILES string of the molecule is CCOc1ccccc1N1CCN(CC(=O)Nc2ccccc2C(C)(C)C)CC1. The molecule has 1 saturated heterocycles. The topological polar surface area (TPSA) is 44.8 Å². The van der Waals surface area contributed by atoms with E-state index in [-0.39, 0.29) is 11.3 Å². The summed E-state index contributed by atoms with van der Waals surface area (Å²) < 4.78 is 5.77. The summed E-state index contributed by atoms with van der Waals surface area (Å²) in [5.74, 6) is 0.977. The molecular formula is C24H33N3O2. The van der Waals surface area contributed by atoms with Crippen molar-refractivity contribution < 1.29 is 9.53 Å². The Morgan fingerprint density at radius 3 is 2.34 bits per heavy atom. The van der Waals surface area contributed by atoms with Crippen molar-refractivity contribution in [3.05, 3.63) is 54.1 Å². The molecule has 5 nitrogen and oxygen atoms in total. The zero-order valence-corrected chi connectivity index (χ0v) is 18.1. The molecule has 1 aliphatic rings. The number of hydrogen-bond acceptors (Lipinski definition) is 4. The molecule has 0 bridgehead atoms. The maximum Gasteiger partial charge on any atom is 0.238 e. The van der Waals surface area contributed by atoms with Gasteiger partial charge < -0.3 is 15.0 Å². The van der Waals surface area contributed by atoms with Gasteiger partial charge in [-0.1, -0.05) is 51.1 Å². The first kappa shape index (κ1) is 21.2. The van der Waals surface area contributed by atoms with Crippen LogP contribution in [0.4, 0.5) is 11.4 Å². The van der Waals surface area contributed by atoms with E-state index in [1.165, 1.54) is 0 Å². The molecule has 0 aliphatic carbocycles. The van der Waals surface area contributed by atoms with Crippen LogP contribution in [-0.2, 0) is 10.2 Å². The molecule has 156 valence electrons. The van der Waals surface area contributed by atoms with Gasteiger partial charge in [0.15, 0.2) is 0 Å². The van der Waals surface area contributed by atoms with Crippen LogP contribution in [0.2, 0.25) is 0 Å². The monoisotopic (exact) mass is 395 g/mol. The van der Waals surface area contributed by atoms with Crippen molar-refractivity contribution >= 4 is 17.3 Å². The lowest BCUT2D eigenvalue weighted by Gasteiger charge is -2.36. The molecular weight excluding hydrogens is 362 g/mol. The average molecular weight is 396 g/mol. The van der Waals surface area contributed by atoms with Gasteiger partial charge >= 0.3 is 0 Å². The van der Waals surface area contributed by atoms with Crippen molar-refractivity contribution in [2.45, 2.75) is 33.1 Å². The Balaban J connectivity index is 1.56. The summed E-state index contributed by atoms with van der Waals surface area (Å²) >= 11 is 0. The first-order valence-corrected chi connectivity index (χ1v) is 10.5. The van der Waals surface area contributed by atoms with Crippen molar-refractivity contribution in [1.82, 2.24) is 4.90 Å². The molecule has 0 aromatic heterocycles. The summed E-state index contributed by atoms with van der Waals surface area (Å²) in [6.45, 7) is 13.1. The van der Waals surface area contributed by atoms with E-state index >= 15 is 0 Å². The summed E-state index contributed by atoms with van der Waals surface area (Å²) in [6.07, 6.45) is 0. The van der Waals surface area contributed by atoms with E-state index in [0.717, 1.165) is 48.9 Å². The number of anilines is 2. The van der Waals surface area contributed by atoms with E-state index < -0.39 is 0 Å². The van der Waals surface area contributed by atoms with Gasteiger partial charge in [0.1, 0.15) is 5.75 Å². The fourth-order valence-electron chi connectivity index (χ4n) is 3.78. The van der Waals surface area contributed by atoms with Crippen LogP contribution in [0.1, 0.15) is 33.3 Å². The highest BCUT2D eigenvalue weighted by Gasteiger charge is 2.22. The van der Waals surface area contributed by atoms with Crippen LogP contribution in [0.15, 0.2) is 48.5 Å². The number of hydrogen-bond donors (Lipinski definition) is 1. The molecule has 2 aromatic carbocycles. The molecule has 2 aromatic rings. The molecule has 1 heterocycles. The van der Waals surface area contributed by atoms with Crippen LogP contribution in [0.5, 0.6) is 5.75 Å². The quantitative estimate of drug-likeness (QED) is 0.798. The van der Waals surface area contributed by atoms with Gasteiger partial charge in [0.05, 0.1) is 18.8 Å². The Labute approximate surface area is 174 Å². The van der Waals surface area contributed by atoms with Crippen LogP contribution in [0.3, 0.4) is 0 Å². The standard InChI is InChI=1S/C24H33N3O2/c1-5-29-22-13-9-8-12-21(22)27-16-14-26(15-17-27)18-23(28)25-20-11-7-6-10-19(20)24(2,3)4/h6-13H,5,14-18H2,1-4H3,(H,25,28). The minimum atomic E-state index is -0.0105. The highest BCUT2D eigenvalue weighted by molar-refractivity contribution is 5.93. The van der Waals surface area contributed by atoms with Crippen LogP contribution in [0.25, 0.3) is 0 Å². The number of benzene rings is 2. The number of ether oxygens (including phenoxy) is 1. The van der Waals surface area contributed by atoms with Gasteiger partial charge in [0.25, 0.3) is 0 Å². The Bertz CT molecular complexity index is 821. The van der Waals surface area contributed by atoms with E-state index in [2.05, 4.69) is 48.0 Å². The number of para-hydroxylation sites is 3. The Morgan fingerprint density at radius 1 is 1.00 bits per heavy atom. The second-order valence-corrected chi connectivity index (χ2v) is 8.51.